The van der Waals surface area contributed by atoms with Crippen LogP contribution in [-0.4, -0.2) is 5.11 Å². The van der Waals surface area contributed by atoms with E-state index in [0.29, 0.717) is 11.5 Å². The lowest BCUT2D eigenvalue weighted by atomic mass is 10.00. The van der Waals surface area contributed by atoms with Gasteiger partial charge in [0, 0.05) is 17.3 Å². The van der Waals surface area contributed by atoms with E-state index in [1.54, 1.807) is 6.07 Å². The standard InChI is InChI=1S/C17H20FNO/c1-11(2)14-6-4-5-7-16(14)19-12(3)15-9-8-13(18)10-17(15)20/h4-12,19-20H,1-3H3. The third-order valence-corrected chi connectivity index (χ3v) is 3.41. The number of phenolic OH excluding ortho intramolecular Hbond substituents is 1. The van der Waals surface area contributed by atoms with Crippen LogP contribution in [0.2, 0.25) is 0 Å². The maximum absolute atomic E-state index is 13.0. The van der Waals surface area contributed by atoms with Crippen molar-refractivity contribution in [3.05, 3.63) is 59.4 Å². The number of hydrogen-bond donors (Lipinski definition) is 2. The smallest absolute Gasteiger partial charge is 0.126 e. The van der Waals surface area contributed by atoms with Crippen LogP contribution < -0.4 is 5.32 Å². The predicted octanol–water partition coefficient (Wildman–Crippen LogP) is 4.83. The van der Waals surface area contributed by atoms with Crippen LogP contribution >= 0.6 is 0 Å². The van der Waals surface area contributed by atoms with Gasteiger partial charge in [-0.25, -0.2) is 4.39 Å². The number of nitrogens with one attached hydrogen (secondary N) is 1. The average molecular weight is 273 g/mol. The molecular formula is C17H20FNO. The summed E-state index contributed by atoms with van der Waals surface area (Å²) in [5.74, 6) is -0.0410. The van der Waals surface area contributed by atoms with Crippen molar-refractivity contribution in [3.8, 4) is 5.75 Å². The highest BCUT2D eigenvalue weighted by Crippen LogP contribution is 2.30. The first kappa shape index (κ1) is 14.4. The van der Waals surface area contributed by atoms with Gasteiger partial charge >= 0.3 is 0 Å². The van der Waals surface area contributed by atoms with E-state index in [0.717, 1.165) is 11.8 Å². The Labute approximate surface area is 119 Å². The normalized spacial score (nSPS) is 12.4. The van der Waals surface area contributed by atoms with Gasteiger partial charge in [-0.3, -0.25) is 0 Å². The molecule has 0 spiro atoms. The SMILES string of the molecule is CC(C)c1ccccc1NC(C)c1ccc(F)cc1O. The van der Waals surface area contributed by atoms with Crippen molar-refractivity contribution in [3.63, 3.8) is 0 Å². The van der Waals surface area contributed by atoms with Gasteiger partial charge in [0.1, 0.15) is 11.6 Å². The van der Waals surface area contributed by atoms with Crippen LogP contribution in [0.4, 0.5) is 10.1 Å². The first-order chi connectivity index (χ1) is 9.49. The van der Waals surface area contributed by atoms with Gasteiger partial charge in [-0.1, -0.05) is 38.1 Å². The second kappa shape index (κ2) is 5.95. The predicted molar refractivity (Wildman–Crippen MR) is 80.6 cm³/mol. The van der Waals surface area contributed by atoms with Crippen LogP contribution in [0.5, 0.6) is 5.75 Å². The minimum atomic E-state index is -0.430. The highest BCUT2D eigenvalue weighted by atomic mass is 19.1. The zero-order valence-electron chi connectivity index (χ0n) is 12.0. The lowest BCUT2D eigenvalue weighted by molar-refractivity contribution is 0.459. The van der Waals surface area contributed by atoms with E-state index in [1.165, 1.54) is 11.6 Å². The fourth-order valence-electron chi connectivity index (χ4n) is 2.33. The molecule has 2 aromatic rings. The molecule has 0 bridgehead atoms. The van der Waals surface area contributed by atoms with E-state index in [9.17, 15) is 9.50 Å². The molecule has 20 heavy (non-hydrogen) atoms. The van der Waals surface area contributed by atoms with Gasteiger partial charge in [0.05, 0.1) is 6.04 Å². The van der Waals surface area contributed by atoms with Gasteiger partial charge in [-0.15, -0.1) is 0 Å². The molecule has 0 aromatic heterocycles. The fraction of sp³-hybridized carbons (Fsp3) is 0.294. The quantitative estimate of drug-likeness (QED) is 0.836. The molecule has 2 aromatic carbocycles. The van der Waals surface area contributed by atoms with Crippen LogP contribution in [-0.2, 0) is 0 Å². The molecule has 0 aliphatic carbocycles. The summed E-state index contributed by atoms with van der Waals surface area (Å²) >= 11 is 0. The second-order valence-corrected chi connectivity index (χ2v) is 5.31. The average Bonchev–Trinajstić information content (AvgIpc) is 2.38. The molecule has 0 heterocycles. The molecule has 0 saturated carbocycles. The lowest BCUT2D eigenvalue weighted by Gasteiger charge is -2.20. The summed E-state index contributed by atoms with van der Waals surface area (Å²) in [5, 5.41) is 13.2. The van der Waals surface area contributed by atoms with Crippen molar-refractivity contribution in [1.82, 2.24) is 0 Å². The molecular weight excluding hydrogens is 253 g/mol. The molecule has 2 nitrogen and oxygen atoms in total. The summed E-state index contributed by atoms with van der Waals surface area (Å²) in [6.07, 6.45) is 0. The Bertz CT molecular complexity index is 595. The highest BCUT2D eigenvalue weighted by Gasteiger charge is 2.13. The summed E-state index contributed by atoms with van der Waals surface area (Å²) < 4.78 is 13.0. The third-order valence-electron chi connectivity index (χ3n) is 3.41. The largest absolute Gasteiger partial charge is 0.507 e. The van der Waals surface area contributed by atoms with Crippen LogP contribution in [0.15, 0.2) is 42.5 Å². The number of phenols is 1. The van der Waals surface area contributed by atoms with Gasteiger partial charge in [0.25, 0.3) is 0 Å². The van der Waals surface area contributed by atoms with Gasteiger partial charge in [-0.05, 0) is 30.5 Å². The zero-order chi connectivity index (χ0) is 14.7. The number of para-hydroxylation sites is 1. The van der Waals surface area contributed by atoms with Crippen LogP contribution in [0, 0.1) is 5.82 Å². The first-order valence-electron chi connectivity index (χ1n) is 6.83. The highest BCUT2D eigenvalue weighted by molar-refractivity contribution is 5.54. The number of halogens is 1. The maximum Gasteiger partial charge on any atom is 0.126 e. The Balaban J connectivity index is 2.26. The number of anilines is 1. The molecule has 2 rings (SSSR count). The van der Waals surface area contributed by atoms with Crippen molar-refractivity contribution >= 4 is 5.69 Å². The molecule has 106 valence electrons. The Hall–Kier alpha value is -2.03. The minimum Gasteiger partial charge on any atom is -0.507 e. The summed E-state index contributed by atoms with van der Waals surface area (Å²) in [4.78, 5) is 0. The van der Waals surface area contributed by atoms with Gasteiger partial charge in [-0.2, -0.15) is 0 Å². The molecule has 0 amide bonds. The Morgan fingerprint density at radius 3 is 2.35 bits per heavy atom. The maximum atomic E-state index is 13.0. The summed E-state index contributed by atoms with van der Waals surface area (Å²) in [5.41, 5.74) is 2.95. The van der Waals surface area contributed by atoms with E-state index in [-0.39, 0.29) is 11.8 Å². The minimum absolute atomic E-state index is 0.0213. The molecule has 0 radical (unpaired) electrons. The number of benzene rings is 2. The Morgan fingerprint density at radius 1 is 1.00 bits per heavy atom. The van der Waals surface area contributed by atoms with E-state index in [4.69, 9.17) is 0 Å². The first-order valence-corrected chi connectivity index (χ1v) is 6.83. The molecule has 0 fully saturated rings. The second-order valence-electron chi connectivity index (χ2n) is 5.31. The third kappa shape index (κ3) is 3.10. The monoisotopic (exact) mass is 273 g/mol. The van der Waals surface area contributed by atoms with Crippen molar-refractivity contribution in [2.24, 2.45) is 0 Å². The van der Waals surface area contributed by atoms with Crippen molar-refractivity contribution < 1.29 is 9.50 Å². The molecule has 0 aliphatic heterocycles. The van der Waals surface area contributed by atoms with Crippen molar-refractivity contribution in [2.45, 2.75) is 32.7 Å². The van der Waals surface area contributed by atoms with Crippen LogP contribution in [0.25, 0.3) is 0 Å². The van der Waals surface area contributed by atoms with E-state index < -0.39 is 5.82 Å². The molecule has 1 atom stereocenters. The molecule has 0 aliphatic rings. The summed E-state index contributed by atoms with van der Waals surface area (Å²) in [6, 6.07) is 12.1. The van der Waals surface area contributed by atoms with E-state index in [1.807, 2.05) is 25.1 Å². The lowest BCUT2D eigenvalue weighted by Crippen LogP contribution is -2.09. The molecule has 0 saturated heterocycles. The van der Waals surface area contributed by atoms with Crippen molar-refractivity contribution in [1.29, 1.82) is 0 Å². The van der Waals surface area contributed by atoms with Crippen LogP contribution in [0.1, 0.15) is 43.9 Å². The van der Waals surface area contributed by atoms with E-state index >= 15 is 0 Å². The fourth-order valence-corrected chi connectivity index (χ4v) is 2.33. The molecule has 2 N–H and O–H groups in total. The van der Waals surface area contributed by atoms with E-state index in [2.05, 4.69) is 25.2 Å². The topological polar surface area (TPSA) is 32.3 Å². The van der Waals surface area contributed by atoms with Crippen LogP contribution in [0.3, 0.4) is 0 Å². The van der Waals surface area contributed by atoms with Crippen molar-refractivity contribution in [2.75, 3.05) is 5.32 Å². The Kier molecular flexibility index (Phi) is 4.28. The number of hydrogen-bond acceptors (Lipinski definition) is 2. The summed E-state index contributed by atoms with van der Waals surface area (Å²) in [6.45, 7) is 6.23. The van der Waals surface area contributed by atoms with Gasteiger partial charge in [0.2, 0.25) is 0 Å². The van der Waals surface area contributed by atoms with Gasteiger partial charge < -0.3 is 10.4 Å². The summed E-state index contributed by atoms with van der Waals surface area (Å²) in [7, 11) is 0. The molecule has 1 unspecified atom stereocenters. The molecule has 3 heteroatoms. The van der Waals surface area contributed by atoms with Gasteiger partial charge in [0.15, 0.2) is 0 Å². The Morgan fingerprint density at radius 2 is 1.70 bits per heavy atom. The zero-order valence-corrected chi connectivity index (χ0v) is 12.0. The number of aromatic hydroxyl groups is 1. The number of rotatable bonds is 4.